The van der Waals surface area contributed by atoms with Crippen LogP contribution in [0.1, 0.15) is 26.7 Å². The van der Waals surface area contributed by atoms with E-state index < -0.39 is 21.4 Å². The van der Waals surface area contributed by atoms with Crippen molar-refractivity contribution < 1.29 is 18.3 Å². The molecule has 0 aliphatic rings. The summed E-state index contributed by atoms with van der Waals surface area (Å²) in [6.45, 7) is 3.33. The van der Waals surface area contributed by atoms with Crippen LogP contribution in [0, 0.1) is 5.41 Å². The van der Waals surface area contributed by atoms with E-state index in [1.165, 1.54) is 24.0 Å². The number of carboxylic acid groups (broad SMARTS) is 1. The van der Waals surface area contributed by atoms with Crippen molar-refractivity contribution in [2.75, 3.05) is 6.54 Å². The molecule has 7 nitrogen and oxygen atoms in total. The standard InChI is InChI=1S/C11H19N3O4S/c1-4-11(5-2,10(15)16)8-13-19(17,18)9-6-7-12-14(9)3/h6-7,13H,4-5,8H2,1-3H3,(H,15,16). The first-order valence-corrected chi connectivity index (χ1v) is 7.48. The fourth-order valence-corrected chi connectivity index (χ4v) is 3.06. The Kier molecular flexibility index (Phi) is 4.70. The highest BCUT2D eigenvalue weighted by atomic mass is 32.2. The second kappa shape index (κ2) is 5.70. The lowest BCUT2D eigenvalue weighted by Gasteiger charge is -2.26. The van der Waals surface area contributed by atoms with E-state index >= 15 is 0 Å². The molecule has 0 atom stereocenters. The van der Waals surface area contributed by atoms with Gasteiger partial charge in [-0.25, -0.2) is 13.1 Å². The molecule has 0 aromatic carbocycles. The first-order valence-electron chi connectivity index (χ1n) is 6.00. The van der Waals surface area contributed by atoms with Gasteiger partial charge in [0.1, 0.15) is 0 Å². The molecule has 1 aromatic rings. The van der Waals surface area contributed by atoms with E-state index in [-0.39, 0.29) is 11.6 Å². The molecule has 0 saturated heterocycles. The lowest BCUT2D eigenvalue weighted by atomic mass is 9.83. The van der Waals surface area contributed by atoms with Crippen molar-refractivity contribution in [3.63, 3.8) is 0 Å². The molecule has 0 aliphatic carbocycles. The average Bonchev–Trinajstić information content (AvgIpc) is 2.78. The Hall–Kier alpha value is -1.41. The number of aliphatic carboxylic acids is 1. The second-order valence-corrected chi connectivity index (χ2v) is 6.12. The average molecular weight is 289 g/mol. The minimum Gasteiger partial charge on any atom is -0.481 e. The summed E-state index contributed by atoms with van der Waals surface area (Å²) in [4.78, 5) is 11.3. The smallest absolute Gasteiger partial charge is 0.310 e. The highest BCUT2D eigenvalue weighted by Crippen LogP contribution is 2.26. The summed E-state index contributed by atoms with van der Waals surface area (Å²) in [5.41, 5.74) is -1.08. The maximum Gasteiger partial charge on any atom is 0.310 e. The summed E-state index contributed by atoms with van der Waals surface area (Å²) in [5.74, 6) is -0.995. The number of hydrogen-bond acceptors (Lipinski definition) is 4. The summed E-state index contributed by atoms with van der Waals surface area (Å²) in [6.07, 6.45) is 2.08. The SMILES string of the molecule is CCC(CC)(CNS(=O)(=O)c1ccnn1C)C(=O)O. The number of carboxylic acids is 1. The Bertz CT molecular complexity index is 546. The van der Waals surface area contributed by atoms with Crippen LogP contribution in [0.15, 0.2) is 17.3 Å². The van der Waals surface area contributed by atoms with E-state index in [4.69, 9.17) is 0 Å². The third kappa shape index (κ3) is 3.13. The Balaban J connectivity index is 2.92. The van der Waals surface area contributed by atoms with Gasteiger partial charge in [0.25, 0.3) is 10.0 Å². The van der Waals surface area contributed by atoms with Gasteiger partial charge in [-0.1, -0.05) is 13.8 Å². The van der Waals surface area contributed by atoms with Gasteiger partial charge in [0, 0.05) is 13.6 Å². The third-order valence-corrected chi connectivity index (χ3v) is 4.93. The van der Waals surface area contributed by atoms with Crippen LogP contribution in [-0.4, -0.2) is 35.8 Å². The molecule has 1 rings (SSSR count). The first kappa shape index (κ1) is 15.6. The van der Waals surface area contributed by atoms with Crippen molar-refractivity contribution in [1.82, 2.24) is 14.5 Å². The number of sulfonamides is 1. The number of hydrogen-bond donors (Lipinski definition) is 2. The van der Waals surface area contributed by atoms with E-state index in [1.54, 1.807) is 13.8 Å². The van der Waals surface area contributed by atoms with Crippen LogP contribution in [0.2, 0.25) is 0 Å². The van der Waals surface area contributed by atoms with E-state index in [0.29, 0.717) is 12.8 Å². The van der Waals surface area contributed by atoms with Crippen LogP contribution in [0.4, 0.5) is 0 Å². The number of nitrogens with one attached hydrogen (secondary N) is 1. The Morgan fingerprint density at radius 3 is 2.42 bits per heavy atom. The molecule has 0 aliphatic heterocycles. The van der Waals surface area contributed by atoms with Crippen LogP contribution in [0.3, 0.4) is 0 Å². The van der Waals surface area contributed by atoms with Gasteiger partial charge >= 0.3 is 5.97 Å². The second-order valence-electron chi connectivity index (χ2n) is 4.41. The Morgan fingerprint density at radius 1 is 1.47 bits per heavy atom. The molecule has 19 heavy (non-hydrogen) atoms. The Labute approximate surface area is 112 Å². The summed E-state index contributed by atoms with van der Waals surface area (Å²) in [6, 6.07) is 1.36. The number of rotatable bonds is 7. The molecule has 2 N–H and O–H groups in total. The molecule has 1 aromatic heterocycles. The largest absolute Gasteiger partial charge is 0.481 e. The van der Waals surface area contributed by atoms with Gasteiger partial charge in [0.15, 0.2) is 5.03 Å². The van der Waals surface area contributed by atoms with Crippen molar-refractivity contribution in [1.29, 1.82) is 0 Å². The minimum atomic E-state index is -3.75. The molecule has 8 heteroatoms. The van der Waals surface area contributed by atoms with Crippen LogP contribution in [-0.2, 0) is 21.9 Å². The number of nitrogens with zero attached hydrogens (tertiary/aromatic N) is 2. The number of aryl methyl sites for hydroxylation is 1. The predicted molar refractivity (Wildman–Crippen MR) is 69.0 cm³/mol. The quantitative estimate of drug-likeness (QED) is 0.765. The highest BCUT2D eigenvalue weighted by Gasteiger charge is 2.36. The topological polar surface area (TPSA) is 101 Å². The van der Waals surface area contributed by atoms with E-state index in [2.05, 4.69) is 9.82 Å². The zero-order chi connectivity index (χ0) is 14.7. The Morgan fingerprint density at radius 2 is 2.05 bits per heavy atom. The number of aromatic nitrogens is 2. The van der Waals surface area contributed by atoms with Crippen molar-refractivity contribution in [3.05, 3.63) is 12.3 Å². The molecule has 1 heterocycles. The van der Waals surface area contributed by atoms with Crippen molar-refractivity contribution in [3.8, 4) is 0 Å². The fourth-order valence-electron chi connectivity index (χ4n) is 1.81. The molecule has 0 fully saturated rings. The van der Waals surface area contributed by atoms with Crippen molar-refractivity contribution >= 4 is 16.0 Å². The van der Waals surface area contributed by atoms with Gasteiger partial charge in [-0.15, -0.1) is 0 Å². The summed E-state index contributed by atoms with van der Waals surface area (Å²) < 4.78 is 27.7. The summed E-state index contributed by atoms with van der Waals surface area (Å²) in [5, 5.41) is 13.1. The lowest BCUT2D eigenvalue weighted by Crippen LogP contribution is -2.42. The zero-order valence-electron chi connectivity index (χ0n) is 11.3. The van der Waals surface area contributed by atoms with Gasteiger partial charge in [-0.2, -0.15) is 5.10 Å². The summed E-state index contributed by atoms with van der Waals surface area (Å²) >= 11 is 0. The van der Waals surface area contributed by atoms with Crippen molar-refractivity contribution in [2.45, 2.75) is 31.7 Å². The monoisotopic (exact) mass is 289 g/mol. The molecule has 0 unspecified atom stereocenters. The highest BCUT2D eigenvalue weighted by molar-refractivity contribution is 7.89. The molecule has 0 saturated carbocycles. The van der Waals surface area contributed by atoms with E-state index in [1.807, 2.05) is 0 Å². The molecule has 0 amide bonds. The molecule has 0 spiro atoms. The van der Waals surface area contributed by atoms with Gasteiger partial charge in [0.2, 0.25) is 0 Å². The molecule has 0 radical (unpaired) electrons. The van der Waals surface area contributed by atoms with Crippen LogP contribution < -0.4 is 4.72 Å². The van der Waals surface area contributed by atoms with E-state index in [9.17, 15) is 18.3 Å². The normalized spacial score (nSPS) is 12.6. The van der Waals surface area contributed by atoms with E-state index in [0.717, 1.165) is 0 Å². The maximum absolute atomic E-state index is 12.1. The fraction of sp³-hybridized carbons (Fsp3) is 0.636. The van der Waals surface area contributed by atoms with Gasteiger partial charge in [-0.05, 0) is 18.9 Å². The maximum atomic E-state index is 12.1. The molecule has 108 valence electrons. The molecular formula is C11H19N3O4S. The molecule has 0 bridgehead atoms. The minimum absolute atomic E-state index is 0.0130. The molecular weight excluding hydrogens is 270 g/mol. The van der Waals surface area contributed by atoms with Crippen molar-refractivity contribution in [2.24, 2.45) is 12.5 Å². The van der Waals surface area contributed by atoms with Gasteiger partial charge in [0.05, 0.1) is 11.6 Å². The van der Waals surface area contributed by atoms with Crippen LogP contribution in [0.5, 0.6) is 0 Å². The first-order chi connectivity index (χ1) is 8.79. The van der Waals surface area contributed by atoms with Crippen LogP contribution >= 0.6 is 0 Å². The zero-order valence-corrected chi connectivity index (χ0v) is 12.1. The lowest BCUT2D eigenvalue weighted by molar-refractivity contribution is -0.149. The third-order valence-electron chi connectivity index (χ3n) is 3.46. The van der Waals surface area contributed by atoms with Gasteiger partial charge in [-0.3, -0.25) is 9.48 Å². The number of carbonyl (C=O) groups is 1. The predicted octanol–water partition coefficient (Wildman–Crippen LogP) is 0.589. The van der Waals surface area contributed by atoms with Crippen LogP contribution in [0.25, 0.3) is 0 Å². The van der Waals surface area contributed by atoms with Gasteiger partial charge < -0.3 is 5.11 Å². The summed E-state index contributed by atoms with van der Waals surface area (Å²) in [7, 11) is -2.23.